The molecule has 186 valence electrons. The average molecular weight is 482 g/mol. The van der Waals surface area contributed by atoms with Crippen LogP contribution in [0.2, 0.25) is 0 Å². The van der Waals surface area contributed by atoms with Crippen LogP contribution in [0.25, 0.3) is 0 Å². The summed E-state index contributed by atoms with van der Waals surface area (Å²) in [7, 11) is 0. The van der Waals surface area contributed by atoms with E-state index < -0.39 is 23.1 Å². The van der Waals surface area contributed by atoms with Crippen molar-refractivity contribution in [2.45, 2.75) is 57.7 Å². The number of urea groups is 1. The molecule has 2 aliphatic rings. The molecule has 0 radical (unpaired) electrons. The quantitative estimate of drug-likeness (QED) is 0.578. The Morgan fingerprint density at radius 1 is 1.11 bits per heavy atom. The third kappa shape index (κ3) is 5.16. The summed E-state index contributed by atoms with van der Waals surface area (Å²) in [5, 5.41) is 7.76. The van der Waals surface area contributed by atoms with Crippen LogP contribution >= 0.6 is 0 Å². The Kier molecular flexibility index (Phi) is 6.31. The molecule has 1 aromatic heterocycles. The summed E-state index contributed by atoms with van der Waals surface area (Å²) in [4.78, 5) is 51.1. The zero-order chi connectivity index (χ0) is 25.4. The van der Waals surface area contributed by atoms with E-state index in [-0.39, 0.29) is 18.0 Å². The number of nitrogens with zero attached hydrogens (tertiary/aromatic N) is 2. The Morgan fingerprint density at radius 2 is 1.83 bits per heavy atom. The molecule has 4 rings (SSSR count). The van der Waals surface area contributed by atoms with Crippen molar-refractivity contribution in [1.82, 2.24) is 20.1 Å². The first-order chi connectivity index (χ1) is 16.5. The van der Waals surface area contributed by atoms with Crippen molar-refractivity contribution < 1.29 is 23.9 Å². The maximum absolute atomic E-state index is 13.1. The number of anilines is 1. The van der Waals surface area contributed by atoms with Crippen LogP contribution in [0.3, 0.4) is 0 Å². The molecule has 2 aliphatic heterocycles. The molecule has 10 nitrogen and oxygen atoms in total. The summed E-state index contributed by atoms with van der Waals surface area (Å²) >= 11 is 0. The Balaban J connectivity index is 1.43. The van der Waals surface area contributed by atoms with Gasteiger partial charge in [-0.3, -0.25) is 14.9 Å². The topological polar surface area (TPSA) is 122 Å². The van der Waals surface area contributed by atoms with E-state index in [2.05, 4.69) is 16.0 Å². The van der Waals surface area contributed by atoms with Gasteiger partial charge in [0.2, 0.25) is 0 Å². The van der Waals surface area contributed by atoms with Gasteiger partial charge in [-0.15, -0.1) is 0 Å². The lowest BCUT2D eigenvalue weighted by molar-refractivity contribution is -0.123. The van der Waals surface area contributed by atoms with Crippen LogP contribution in [-0.2, 0) is 15.1 Å². The summed E-state index contributed by atoms with van der Waals surface area (Å²) in [6.07, 6.45) is 2.97. The minimum Gasteiger partial charge on any atom is -0.444 e. The predicted octanol–water partition coefficient (Wildman–Crippen LogP) is 3.37. The Labute approximate surface area is 204 Å². The zero-order valence-electron chi connectivity index (χ0n) is 20.4. The van der Waals surface area contributed by atoms with Crippen molar-refractivity contribution in [3.8, 4) is 0 Å². The number of hydrogen-bond acceptors (Lipinski definition) is 5. The van der Waals surface area contributed by atoms with Gasteiger partial charge in [0.15, 0.2) is 0 Å². The molecule has 2 fully saturated rings. The molecule has 3 heterocycles. The molecule has 0 bridgehead atoms. The third-order valence-corrected chi connectivity index (χ3v) is 6.26. The number of carbonyl (C=O) groups excluding carboxylic acids is 4. The van der Waals surface area contributed by atoms with E-state index in [1.54, 1.807) is 42.2 Å². The summed E-state index contributed by atoms with van der Waals surface area (Å²) in [5.41, 5.74) is -0.176. The molecule has 2 aromatic rings. The number of carbonyl (C=O) groups is 4. The third-order valence-electron chi connectivity index (χ3n) is 6.26. The van der Waals surface area contributed by atoms with Gasteiger partial charge in [-0.05, 0) is 70.4 Å². The summed E-state index contributed by atoms with van der Waals surface area (Å²) < 4.78 is 7.41. The van der Waals surface area contributed by atoms with Crippen LogP contribution < -0.4 is 16.0 Å². The molecule has 3 N–H and O–H groups in total. The Hall–Kier alpha value is -3.82. The highest BCUT2D eigenvalue weighted by molar-refractivity contribution is 6.07. The first-order valence-electron chi connectivity index (χ1n) is 11.7. The molecule has 10 heteroatoms. The first-order valence-corrected chi connectivity index (χ1v) is 11.7. The normalized spacial score (nSPS) is 20.9. The molecule has 0 spiro atoms. The maximum atomic E-state index is 13.1. The molecule has 0 saturated carbocycles. The van der Waals surface area contributed by atoms with Crippen LogP contribution in [0, 0.1) is 0 Å². The number of aromatic nitrogens is 1. The number of ether oxygens (including phenoxy) is 1. The smallest absolute Gasteiger partial charge is 0.410 e. The van der Waals surface area contributed by atoms with Crippen LogP contribution in [0.5, 0.6) is 0 Å². The highest BCUT2D eigenvalue weighted by Gasteiger charge is 2.43. The van der Waals surface area contributed by atoms with Crippen molar-refractivity contribution in [3.05, 3.63) is 53.9 Å². The van der Waals surface area contributed by atoms with Gasteiger partial charge in [-0.2, -0.15) is 0 Å². The lowest BCUT2D eigenvalue weighted by Crippen LogP contribution is -2.42. The number of rotatable bonds is 4. The predicted molar refractivity (Wildman–Crippen MR) is 129 cm³/mol. The first kappa shape index (κ1) is 24.3. The number of hydrogen-bond donors (Lipinski definition) is 3. The second-order valence-electron chi connectivity index (χ2n) is 10.1. The standard InChI is InChI=1S/C25H31N5O5/c1-24(2,3)35-23(34)29-13-10-18(11-14-29)30-12-6-9-19(30)20(31)26-17-8-5-7-16(15-17)25(4)21(32)27-22(33)28-25/h5-9,12,15,18H,10-11,13-14H2,1-4H3,(H,26,31)(H2,27,28,32,33). The molecule has 5 amide bonds. The second-order valence-corrected chi connectivity index (χ2v) is 10.1. The molecule has 35 heavy (non-hydrogen) atoms. The molecule has 1 unspecified atom stereocenters. The van der Waals surface area contributed by atoms with Crippen molar-refractivity contribution >= 4 is 29.6 Å². The number of benzene rings is 1. The van der Waals surface area contributed by atoms with E-state index in [9.17, 15) is 19.2 Å². The zero-order valence-corrected chi connectivity index (χ0v) is 20.4. The van der Waals surface area contributed by atoms with Gasteiger partial charge in [-0.25, -0.2) is 9.59 Å². The summed E-state index contributed by atoms with van der Waals surface area (Å²) in [5.74, 6) is -0.732. The van der Waals surface area contributed by atoms with E-state index >= 15 is 0 Å². The monoisotopic (exact) mass is 481 g/mol. The number of piperidine rings is 1. The fourth-order valence-electron chi connectivity index (χ4n) is 4.41. The number of amides is 5. The summed E-state index contributed by atoms with van der Waals surface area (Å²) in [6, 6.07) is 9.95. The van der Waals surface area contributed by atoms with Crippen LogP contribution in [0.4, 0.5) is 15.3 Å². The van der Waals surface area contributed by atoms with Gasteiger partial charge < -0.3 is 24.8 Å². The largest absolute Gasteiger partial charge is 0.444 e. The molecule has 2 saturated heterocycles. The minimum atomic E-state index is -1.21. The van der Waals surface area contributed by atoms with Crippen LogP contribution in [-0.4, -0.2) is 52.1 Å². The van der Waals surface area contributed by atoms with E-state index in [4.69, 9.17) is 4.74 Å². The van der Waals surface area contributed by atoms with E-state index in [1.165, 1.54) is 0 Å². The Morgan fingerprint density at radius 3 is 2.46 bits per heavy atom. The van der Waals surface area contributed by atoms with Gasteiger partial charge in [0.05, 0.1) is 0 Å². The van der Waals surface area contributed by atoms with Crippen molar-refractivity contribution in [2.75, 3.05) is 18.4 Å². The lowest BCUT2D eigenvalue weighted by Gasteiger charge is -2.34. The van der Waals surface area contributed by atoms with Gasteiger partial charge >= 0.3 is 12.1 Å². The van der Waals surface area contributed by atoms with Gasteiger partial charge in [0.1, 0.15) is 16.8 Å². The van der Waals surface area contributed by atoms with Gasteiger partial charge in [0.25, 0.3) is 11.8 Å². The van der Waals surface area contributed by atoms with Crippen LogP contribution in [0.1, 0.15) is 62.6 Å². The number of likely N-dealkylation sites (tertiary alicyclic amines) is 1. The van der Waals surface area contributed by atoms with Gasteiger partial charge in [-0.1, -0.05) is 12.1 Å². The average Bonchev–Trinajstić information content (AvgIpc) is 3.37. The molecule has 0 aliphatic carbocycles. The van der Waals surface area contributed by atoms with Gasteiger partial charge in [0, 0.05) is 31.0 Å². The van der Waals surface area contributed by atoms with E-state index in [1.807, 2.05) is 37.6 Å². The van der Waals surface area contributed by atoms with E-state index in [0.29, 0.717) is 42.9 Å². The van der Waals surface area contributed by atoms with Crippen LogP contribution in [0.15, 0.2) is 42.6 Å². The molecular formula is C25H31N5O5. The summed E-state index contributed by atoms with van der Waals surface area (Å²) in [6.45, 7) is 8.24. The fraction of sp³-hybridized carbons (Fsp3) is 0.440. The second kappa shape index (κ2) is 9.09. The molecule has 1 aromatic carbocycles. The van der Waals surface area contributed by atoms with E-state index in [0.717, 1.165) is 0 Å². The SMILES string of the molecule is CC(C)(C)OC(=O)N1CCC(n2cccc2C(=O)Nc2cccc(C3(C)NC(=O)NC3=O)c2)CC1. The van der Waals surface area contributed by atoms with Crippen molar-refractivity contribution in [3.63, 3.8) is 0 Å². The van der Waals surface area contributed by atoms with Crippen molar-refractivity contribution in [2.24, 2.45) is 0 Å². The lowest BCUT2D eigenvalue weighted by atomic mass is 9.92. The minimum absolute atomic E-state index is 0.0760. The Bertz CT molecular complexity index is 1160. The molecular weight excluding hydrogens is 450 g/mol. The number of imide groups is 1. The fourth-order valence-corrected chi connectivity index (χ4v) is 4.41. The highest BCUT2D eigenvalue weighted by atomic mass is 16.6. The highest BCUT2D eigenvalue weighted by Crippen LogP contribution is 2.28. The molecule has 1 atom stereocenters. The maximum Gasteiger partial charge on any atom is 0.410 e. The number of nitrogens with one attached hydrogen (secondary N) is 3. The van der Waals surface area contributed by atoms with Crippen molar-refractivity contribution in [1.29, 1.82) is 0 Å².